The fourth-order valence-electron chi connectivity index (χ4n) is 1.33. The number of esters is 1. The number of rotatable bonds is 4. The first-order valence-electron chi connectivity index (χ1n) is 6.62. The molecule has 1 amide bonds. The number of allylic oxidation sites excluding steroid dienone is 1. The van der Waals surface area contributed by atoms with Crippen LogP contribution in [-0.2, 0) is 14.3 Å². The number of hydrazine groups is 1. The highest BCUT2D eigenvalue weighted by Gasteiger charge is 2.21. The lowest BCUT2D eigenvalue weighted by Crippen LogP contribution is -2.40. The summed E-state index contributed by atoms with van der Waals surface area (Å²) in [6.45, 7) is 7.70. The average Bonchev–Trinajstić information content (AvgIpc) is 2.92. The minimum atomic E-state index is -0.631. The minimum Gasteiger partial charge on any atom is -0.465 e. The summed E-state index contributed by atoms with van der Waals surface area (Å²) in [6.07, 6.45) is -0.631. The number of carbonyl (C=O) groups is 2. The second-order valence-electron chi connectivity index (χ2n) is 5.30. The predicted molar refractivity (Wildman–Crippen MR) is 89.6 cm³/mol. The molecule has 0 saturated heterocycles. The number of nitrogens with one attached hydrogen (secondary N) is 2. The van der Waals surface area contributed by atoms with Crippen molar-refractivity contribution in [3.05, 3.63) is 10.6 Å². The van der Waals surface area contributed by atoms with Crippen LogP contribution in [0.3, 0.4) is 0 Å². The third-order valence-corrected chi connectivity index (χ3v) is 4.56. The molecule has 0 atom stereocenters. The van der Waals surface area contributed by atoms with Gasteiger partial charge in [0.25, 0.3) is 0 Å². The normalized spacial score (nSPS) is 15.6. The lowest BCUT2D eigenvalue weighted by atomic mass is 10.2. The van der Waals surface area contributed by atoms with Crippen LogP contribution < -0.4 is 10.9 Å². The van der Waals surface area contributed by atoms with E-state index < -0.39 is 17.7 Å². The fourth-order valence-corrected chi connectivity index (χ4v) is 3.31. The van der Waals surface area contributed by atoms with E-state index in [-0.39, 0.29) is 0 Å². The van der Waals surface area contributed by atoms with E-state index in [1.54, 1.807) is 39.5 Å². The van der Waals surface area contributed by atoms with E-state index in [0.29, 0.717) is 10.6 Å². The Hall–Kier alpha value is -1.35. The van der Waals surface area contributed by atoms with Gasteiger partial charge in [0.15, 0.2) is 0 Å². The quantitative estimate of drug-likeness (QED) is 0.458. The van der Waals surface area contributed by atoms with Crippen LogP contribution in [0.4, 0.5) is 4.79 Å². The van der Waals surface area contributed by atoms with Crippen LogP contribution >= 0.6 is 23.5 Å². The first-order chi connectivity index (χ1) is 10.2. The number of carbonyl (C=O) groups excluding carboxylic acids is 2. The van der Waals surface area contributed by atoms with Crippen molar-refractivity contribution < 1.29 is 19.1 Å². The van der Waals surface area contributed by atoms with Crippen LogP contribution in [0.25, 0.3) is 0 Å². The Kier molecular flexibility index (Phi) is 7.08. The maximum atomic E-state index is 11.9. The Labute approximate surface area is 138 Å². The molecule has 0 aromatic carbocycles. The van der Waals surface area contributed by atoms with Crippen LogP contribution in [0.1, 0.15) is 27.7 Å². The molecular formula is C13H21N3O4S2. The summed E-state index contributed by atoms with van der Waals surface area (Å²) in [4.78, 5) is 28.1. The summed E-state index contributed by atoms with van der Waals surface area (Å²) in [5.74, 6) is 0.413. The van der Waals surface area contributed by atoms with Crippen LogP contribution in [0, 0.1) is 0 Å². The number of nitrogens with zero attached hydrogens (tertiary/aromatic N) is 1. The van der Waals surface area contributed by atoms with Crippen molar-refractivity contribution in [3.63, 3.8) is 0 Å². The second kappa shape index (κ2) is 8.33. The van der Waals surface area contributed by atoms with Crippen molar-refractivity contribution in [2.45, 2.75) is 33.3 Å². The Morgan fingerprint density at radius 1 is 1.32 bits per heavy atom. The molecule has 0 aliphatic carbocycles. The van der Waals surface area contributed by atoms with Gasteiger partial charge in [-0.1, -0.05) is 23.5 Å². The van der Waals surface area contributed by atoms with E-state index in [2.05, 4.69) is 15.8 Å². The summed E-state index contributed by atoms with van der Waals surface area (Å²) < 4.78 is 10.7. The molecule has 0 saturated carbocycles. The van der Waals surface area contributed by atoms with E-state index in [4.69, 9.17) is 9.47 Å². The highest BCUT2D eigenvalue weighted by atomic mass is 32.2. The zero-order valence-electron chi connectivity index (χ0n) is 13.3. The van der Waals surface area contributed by atoms with Gasteiger partial charge in [-0.3, -0.25) is 10.4 Å². The Bertz CT molecular complexity index is 498. The zero-order valence-corrected chi connectivity index (χ0v) is 14.9. The zero-order chi connectivity index (χ0) is 16.8. The van der Waals surface area contributed by atoms with Crippen molar-refractivity contribution in [2.24, 2.45) is 4.99 Å². The SMILES string of the molecule is COC(=O)/C(SC1=NCCS1)=C(/C)NNC(=O)OC(C)(C)C. The van der Waals surface area contributed by atoms with Gasteiger partial charge in [-0.05, 0) is 27.7 Å². The Morgan fingerprint density at radius 3 is 2.50 bits per heavy atom. The number of ether oxygens (including phenoxy) is 2. The van der Waals surface area contributed by atoms with Gasteiger partial charge in [0.2, 0.25) is 0 Å². The number of thioether (sulfide) groups is 2. The van der Waals surface area contributed by atoms with Crippen molar-refractivity contribution >= 4 is 40.0 Å². The lowest BCUT2D eigenvalue weighted by molar-refractivity contribution is -0.135. The van der Waals surface area contributed by atoms with Gasteiger partial charge in [0.1, 0.15) is 14.9 Å². The maximum absolute atomic E-state index is 11.9. The van der Waals surface area contributed by atoms with Gasteiger partial charge in [-0.2, -0.15) is 0 Å². The molecule has 1 aliphatic heterocycles. The summed E-state index contributed by atoms with van der Waals surface area (Å²) in [5, 5.41) is 0. The third kappa shape index (κ3) is 6.61. The summed E-state index contributed by atoms with van der Waals surface area (Å²) in [7, 11) is 1.31. The highest BCUT2D eigenvalue weighted by Crippen LogP contribution is 2.30. The first kappa shape index (κ1) is 18.7. The molecule has 1 heterocycles. The van der Waals surface area contributed by atoms with Gasteiger partial charge in [0, 0.05) is 11.4 Å². The largest absolute Gasteiger partial charge is 0.465 e. The molecule has 1 aliphatic rings. The topological polar surface area (TPSA) is 89.0 Å². The number of hydrogen-bond acceptors (Lipinski definition) is 8. The molecule has 0 spiro atoms. The molecule has 0 aromatic rings. The van der Waals surface area contributed by atoms with Gasteiger partial charge in [-0.15, -0.1) is 0 Å². The number of amides is 1. The molecule has 22 heavy (non-hydrogen) atoms. The van der Waals surface area contributed by atoms with E-state index in [1.165, 1.54) is 18.9 Å². The number of hydrogen-bond donors (Lipinski definition) is 2. The molecule has 124 valence electrons. The minimum absolute atomic E-state index is 0.340. The summed E-state index contributed by atoms with van der Waals surface area (Å²) in [5.41, 5.74) is 4.91. The molecule has 0 fully saturated rings. The van der Waals surface area contributed by atoms with Gasteiger partial charge in [-0.25, -0.2) is 15.0 Å². The van der Waals surface area contributed by atoms with Crippen LogP contribution in [0.2, 0.25) is 0 Å². The second-order valence-corrected chi connectivity index (χ2v) is 7.64. The van der Waals surface area contributed by atoms with E-state index in [1.807, 2.05) is 0 Å². The Morgan fingerprint density at radius 2 is 2.00 bits per heavy atom. The van der Waals surface area contributed by atoms with Gasteiger partial charge < -0.3 is 9.47 Å². The van der Waals surface area contributed by atoms with Crippen molar-refractivity contribution in [2.75, 3.05) is 19.4 Å². The molecule has 0 bridgehead atoms. The lowest BCUT2D eigenvalue weighted by Gasteiger charge is -2.20. The average molecular weight is 347 g/mol. The standard InChI is InChI=1S/C13H21N3O4S2/c1-8(15-16-11(18)20-13(2,3)4)9(10(17)19-5)22-12-14-6-7-21-12/h15H,6-7H2,1-5H3,(H,16,18)/b9-8+. The van der Waals surface area contributed by atoms with E-state index >= 15 is 0 Å². The molecule has 0 aromatic heterocycles. The van der Waals surface area contributed by atoms with Crippen LogP contribution in [0.15, 0.2) is 15.6 Å². The monoisotopic (exact) mass is 347 g/mol. The van der Waals surface area contributed by atoms with Crippen LogP contribution in [-0.4, -0.2) is 41.4 Å². The molecule has 1 rings (SSSR count). The van der Waals surface area contributed by atoms with Gasteiger partial charge in [0.05, 0.1) is 13.7 Å². The smallest absolute Gasteiger partial charge is 0.426 e. The maximum Gasteiger partial charge on any atom is 0.426 e. The molecular weight excluding hydrogens is 326 g/mol. The summed E-state index contributed by atoms with van der Waals surface area (Å²) in [6, 6.07) is 0. The molecule has 2 N–H and O–H groups in total. The van der Waals surface area contributed by atoms with Gasteiger partial charge >= 0.3 is 12.1 Å². The Balaban J connectivity index is 2.70. The fraction of sp³-hybridized carbons (Fsp3) is 0.615. The molecule has 0 unspecified atom stereocenters. The van der Waals surface area contributed by atoms with Crippen molar-refractivity contribution in [1.82, 2.24) is 10.9 Å². The number of methoxy groups -OCH3 is 1. The van der Waals surface area contributed by atoms with Crippen molar-refractivity contribution in [3.8, 4) is 0 Å². The highest BCUT2D eigenvalue weighted by molar-refractivity contribution is 8.40. The predicted octanol–water partition coefficient (Wildman–Crippen LogP) is 2.26. The molecule has 7 nitrogen and oxygen atoms in total. The number of aliphatic imine (C=N–C) groups is 1. The van der Waals surface area contributed by atoms with E-state index in [0.717, 1.165) is 16.7 Å². The van der Waals surface area contributed by atoms with E-state index in [9.17, 15) is 9.59 Å². The first-order valence-corrected chi connectivity index (χ1v) is 8.42. The molecule has 0 radical (unpaired) electrons. The van der Waals surface area contributed by atoms with Crippen LogP contribution in [0.5, 0.6) is 0 Å². The third-order valence-electron chi connectivity index (χ3n) is 2.21. The molecule has 9 heteroatoms. The summed E-state index contributed by atoms with van der Waals surface area (Å²) >= 11 is 2.80. The van der Waals surface area contributed by atoms with Crippen molar-refractivity contribution in [1.29, 1.82) is 0 Å².